The first-order chi connectivity index (χ1) is 8.63. The third-order valence-electron chi connectivity index (χ3n) is 2.50. The summed E-state index contributed by atoms with van der Waals surface area (Å²) in [6.45, 7) is 2.33. The Kier molecular flexibility index (Phi) is 6.08. The molecule has 1 aromatic rings. The zero-order valence-corrected chi connectivity index (χ0v) is 10.8. The van der Waals surface area contributed by atoms with Gasteiger partial charge in [0.25, 0.3) is 0 Å². The number of nitrogens with one attached hydrogen (secondary N) is 1. The molecule has 18 heavy (non-hydrogen) atoms. The lowest BCUT2D eigenvalue weighted by molar-refractivity contribution is -0.122. The molecule has 1 unspecified atom stereocenters. The van der Waals surface area contributed by atoms with Gasteiger partial charge in [-0.1, -0.05) is 30.3 Å². The number of Topliss-reactive ketones (excluding diaryl/α,β-unsaturated/α-hetero) is 1. The fourth-order valence-corrected chi connectivity index (χ4v) is 1.63. The van der Waals surface area contributed by atoms with Crippen molar-refractivity contribution in [2.45, 2.75) is 25.8 Å². The van der Waals surface area contributed by atoms with E-state index in [-0.39, 0.29) is 30.6 Å². The number of methoxy groups -OCH3 is 1. The van der Waals surface area contributed by atoms with Crippen LogP contribution in [0.15, 0.2) is 30.3 Å². The molecule has 1 N–H and O–H groups in total. The summed E-state index contributed by atoms with van der Waals surface area (Å²) in [5.74, 6) is -0.131. The average molecular weight is 249 g/mol. The van der Waals surface area contributed by atoms with Crippen molar-refractivity contribution >= 4 is 11.7 Å². The second kappa shape index (κ2) is 7.61. The summed E-state index contributed by atoms with van der Waals surface area (Å²) in [6, 6.07) is 8.97. The summed E-state index contributed by atoms with van der Waals surface area (Å²) in [6.07, 6.45) is 0.442. The molecule has 1 amide bonds. The van der Waals surface area contributed by atoms with Crippen molar-refractivity contribution in [2.24, 2.45) is 0 Å². The number of ketones is 1. The van der Waals surface area contributed by atoms with Gasteiger partial charge in [-0.3, -0.25) is 9.59 Å². The van der Waals surface area contributed by atoms with E-state index in [4.69, 9.17) is 4.74 Å². The van der Waals surface area contributed by atoms with Crippen molar-refractivity contribution in [1.82, 2.24) is 5.32 Å². The van der Waals surface area contributed by atoms with E-state index in [2.05, 4.69) is 5.32 Å². The van der Waals surface area contributed by atoms with Crippen LogP contribution in [-0.2, 0) is 9.53 Å². The summed E-state index contributed by atoms with van der Waals surface area (Å²) in [5.41, 5.74) is 0.648. The predicted octanol–water partition coefficient (Wildman–Crippen LogP) is 1.80. The van der Waals surface area contributed by atoms with Crippen LogP contribution in [0.2, 0.25) is 0 Å². The highest BCUT2D eigenvalue weighted by atomic mass is 16.5. The monoisotopic (exact) mass is 249 g/mol. The van der Waals surface area contributed by atoms with Gasteiger partial charge < -0.3 is 10.1 Å². The largest absolute Gasteiger partial charge is 0.383 e. The number of amides is 1. The molecule has 0 saturated heterocycles. The number of ether oxygens (including phenoxy) is 1. The number of hydrogen-bond donors (Lipinski definition) is 1. The Morgan fingerprint density at radius 3 is 2.50 bits per heavy atom. The maximum Gasteiger partial charge on any atom is 0.220 e. The first kappa shape index (κ1) is 14.4. The molecule has 1 aromatic carbocycles. The van der Waals surface area contributed by atoms with E-state index in [1.54, 1.807) is 19.2 Å². The number of carbonyl (C=O) groups excluding carboxylic acids is 2. The highest BCUT2D eigenvalue weighted by Crippen LogP contribution is 2.05. The van der Waals surface area contributed by atoms with E-state index in [0.29, 0.717) is 12.2 Å². The number of carbonyl (C=O) groups is 2. The molecule has 0 heterocycles. The van der Waals surface area contributed by atoms with Gasteiger partial charge in [0.15, 0.2) is 5.78 Å². The van der Waals surface area contributed by atoms with E-state index >= 15 is 0 Å². The van der Waals surface area contributed by atoms with Crippen molar-refractivity contribution in [3.63, 3.8) is 0 Å². The summed E-state index contributed by atoms with van der Waals surface area (Å²) in [4.78, 5) is 23.3. The van der Waals surface area contributed by atoms with Crippen LogP contribution in [0.5, 0.6) is 0 Å². The van der Waals surface area contributed by atoms with Crippen LogP contribution in [0.25, 0.3) is 0 Å². The molecule has 0 aliphatic carbocycles. The first-order valence-corrected chi connectivity index (χ1v) is 6.00. The minimum absolute atomic E-state index is 0.00913. The van der Waals surface area contributed by atoms with Crippen LogP contribution < -0.4 is 5.32 Å². The van der Waals surface area contributed by atoms with Crippen molar-refractivity contribution in [2.75, 3.05) is 13.7 Å². The molecule has 4 nitrogen and oxygen atoms in total. The molecule has 0 radical (unpaired) electrons. The highest BCUT2D eigenvalue weighted by molar-refractivity contribution is 5.97. The van der Waals surface area contributed by atoms with Crippen molar-refractivity contribution in [3.8, 4) is 0 Å². The SMILES string of the molecule is COCC(C)NC(=O)CCC(=O)c1ccccc1. The van der Waals surface area contributed by atoms with Crippen molar-refractivity contribution < 1.29 is 14.3 Å². The fraction of sp³-hybridized carbons (Fsp3) is 0.429. The van der Waals surface area contributed by atoms with Gasteiger partial charge >= 0.3 is 0 Å². The zero-order valence-electron chi connectivity index (χ0n) is 10.8. The minimum Gasteiger partial charge on any atom is -0.383 e. The first-order valence-electron chi connectivity index (χ1n) is 6.00. The number of hydrogen-bond acceptors (Lipinski definition) is 3. The molecule has 0 aliphatic heterocycles. The maximum absolute atomic E-state index is 11.8. The summed E-state index contributed by atoms with van der Waals surface area (Å²) >= 11 is 0. The molecule has 0 saturated carbocycles. The Bertz CT molecular complexity index is 389. The van der Waals surface area contributed by atoms with Gasteiger partial charge in [-0.15, -0.1) is 0 Å². The molecule has 0 bridgehead atoms. The standard InChI is InChI=1S/C14H19NO3/c1-11(10-18-2)15-14(17)9-8-13(16)12-6-4-3-5-7-12/h3-7,11H,8-10H2,1-2H3,(H,15,17). The summed E-state index contributed by atoms with van der Waals surface area (Å²) < 4.78 is 4.92. The van der Waals surface area contributed by atoms with Gasteiger partial charge in [0.2, 0.25) is 5.91 Å². The van der Waals surface area contributed by atoms with E-state index in [0.717, 1.165) is 0 Å². The smallest absolute Gasteiger partial charge is 0.220 e. The molecular formula is C14H19NO3. The van der Waals surface area contributed by atoms with Crippen LogP contribution in [0, 0.1) is 0 Å². The summed E-state index contributed by atoms with van der Waals surface area (Å²) in [5, 5.41) is 2.77. The third kappa shape index (κ3) is 5.10. The Morgan fingerprint density at radius 2 is 1.89 bits per heavy atom. The second-order valence-electron chi connectivity index (χ2n) is 4.21. The van der Waals surface area contributed by atoms with Crippen LogP contribution in [0.3, 0.4) is 0 Å². The molecule has 0 fully saturated rings. The van der Waals surface area contributed by atoms with Crippen LogP contribution in [0.1, 0.15) is 30.1 Å². The lowest BCUT2D eigenvalue weighted by atomic mass is 10.1. The normalized spacial score (nSPS) is 11.9. The lowest BCUT2D eigenvalue weighted by Gasteiger charge is -2.12. The topological polar surface area (TPSA) is 55.4 Å². The Labute approximate surface area is 107 Å². The van der Waals surface area contributed by atoms with E-state index in [1.807, 2.05) is 25.1 Å². The quantitative estimate of drug-likeness (QED) is 0.750. The minimum atomic E-state index is -0.121. The van der Waals surface area contributed by atoms with Crippen molar-refractivity contribution in [1.29, 1.82) is 0 Å². The number of benzene rings is 1. The summed E-state index contributed by atoms with van der Waals surface area (Å²) in [7, 11) is 1.58. The molecule has 0 aromatic heterocycles. The van der Waals surface area contributed by atoms with E-state index < -0.39 is 0 Å². The number of rotatable bonds is 7. The molecule has 1 atom stereocenters. The van der Waals surface area contributed by atoms with Crippen molar-refractivity contribution in [3.05, 3.63) is 35.9 Å². The molecule has 0 spiro atoms. The second-order valence-corrected chi connectivity index (χ2v) is 4.21. The molecule has 4 heteroatoms. The van der Waals surface area contributed by atoms with E-state index in [1.165, 1.54) is 0 Å². The lowest BCUT2D eigenvalue weighted by Crippen LogP contribution is -2.35. The van der Waals surface area contributed by atoms with Gasteiger partial charge in [0.1, 0.15) is 0 Å². The predicted molar refractivity (Wildman–Crippen MR) is 69.5 cm³/mol. The van der Waals surface area contributed by atoms with E-state index in [9.17, 15) is 9.59 Å². The zero-order chi connectivity index (χ0) is 13.4. The van der Waals surface area contributed by atoms with Crippen LogP contribution >= 0.6 is 0 Å². The third-order valence-corrected chi connectivity index (χ3v) is 2.50. The van der Waals surface area contributed by atoms with Crippen LogP contribution in [-0.4, -0.2) is 31.4 Å². The Hall–Kier alpha value is -1.68. The molecule has 98 valence electrons. The average Bonchev–Trinajstić information content (AvgIpc) is 2.37. The van der Waals surface area contributed by atoms with Gasteiger partial charge in [0.05, 0.1) is 6.61 Å². The van der Waals surface area contributed by atoms with Gasteiger partial charge in [-0.25, -0.2) is 0 Å². The van der Waals surface area contributed by atoms with Gasteiger partial charge in [-0.2, -0.15) is 0 Å². The maximum atomic E-state index is 11.8. The fourth-order valence-electron chi connectivity index (χ4n) is 1.63. The highest BCUT2D eigenvalue weighted by Gasteiger charge is 2.10. The Balaban J connectivity index is 2.33. The van der Waals surface area contributed by atoms with Gasteiger partial charge in [0, 0.05) is 31.6 Å². The molecule has 0 aliphatic rings. The molecule has 1 rings (SSSR count). The van der Waals surface area contributed by atoms with Gasteiger partial charge in [-0.05, 0) is 6.92 Å². The van der Waals surface area contributed by atoms with Crippen LogP contribution in [0.4, 0.5) is 0 Å². The Morgan fingerprint density at radius 1 is 1.22 bits per heavy atom. The molecular weight excluding hydrogens is 230 g/mol.